The molecule has 0 amide bonds. The molecule has 0 aliphatic heterocycles. The highest BCUT2D eigenvalue weighted by Crippen LogP contribution is 2.14. The summed E-state index contributed by atoms with van der Waals surface area (Å²) in [7, 11) is -1.90. The van der Waals surface area contributed by atoms with E-state index in [2.05, 4.69) is 12.6 Å². The molecule has 0 radical (unpaired) electrons. The first-order chi connectivity index (χ1) is 3.77. The quantitative estimate of drug-likeness (QED) is 0.364. The molecular formula is C4H10O2PS+. The topological polar surface area (TPSA) is 37.3 Å². The number of hydrogen-bond acceptors (Lipinski definition) is 2. The lowest BCUT2D eigenvalue weighted by molar-refractivity contribution is 0.501. The van der Waals surface area contributed by atoms with Crippen molar-refractivity contribution < 1.29 is 9.46 Å². The van der Waals surface area contributed by atoms with Crippen molar-refractivity contribution in [1.82, 2.24) is 0 Å². The Morgan fingerprint density at radius 1 is 1.50 bits per heavy atom. The first kappa shape index (κ1) is 8.41. The fourth-order valence-corrected chi connectivity index (χ4v) is 1.08. The van der Waals surface area contributed by atoms with Gasteiger partial charge in [0.25, 0.3) is 0 Å². The van der Waals surface area contributed by atoms with Crippen LogP contribution < -0.4 is 0 Å². The van der Waals surface area contributed by atoms with E-state index in [-0.39, 0.29) is 0 Å². The van der Waals surface area contributed by atoms with Crippen LogP contribution in [0.3, 0.4) is 0 Å². The first-order valence-corrected chi connectivity index (χ1v) is 4.55. The van der Waals surface area contributed by atoms with Crippen molar-refractivity contribution in [2.45, 2.75) is 12.8 Å². The van der Waals surface area contributed by atoms with Crippen LogP contribution in [0.5, 0.6) is 0 Å². The molecule has 1 atom stereocenters. The molecule has 8 heavy (non-hydrogen) atoms. The van der Waals surface area contributed by atoms with Crippen molar-refractivity contribution in [3.8, 4) is 0 Å². The smallest absolute Gasteiger partial charge is 0.179 e. The lowest BCUT2D eigenvalue weighted by Crippen LogP contribution is -1.79. The molecule has 0 aliphatic carbocycles. The molecule has 48 valence electrons. The van der Waals surface area contributed by atoms with Gasteiger partial charge in [-0.1, -0.05) is 0 Å². The summed E-state index contributed by atoms with van der Waals surface area (Å²) in [5, 5.41) is 0. The minimum absolute atomic E-state index is 0.426. The predicted octanol–water partition coefficient (Wildman–Crippen LogP) is 1.43. The third kappa shape index (κ3) is 6.41. The van der Waals surface area contributed by atoms with Crippen molar-refractivity contribution in [3.05, 3.63) is 0 Å². The summed E-state index contributed by atoms with van der Waals surface area (Å²) in [6.45, 7) is 0. The second kappa shape index (κ2) is 5.54. The molecule has 0 aromatic rings. The zero-order valence-corrected chi connectivity index (χ0v) is 6.37. The lowest BCUT2D eigenvalue weighted by atomic mass is 10.4. The van der Waals surface area contributed by atoms with Gasteiger partial charge in [-0.25, -0.2) is 0 Å². The maximum absolute atomic E-state index is 10.00. The molecule has 1 unspecified atom stereocenters. The fraction of sp³-hybridized carbons (Fsp3) is 1.00. The Morgan fingerprint density at radius 2 is 2.12 bits per heavy atom. The van der Waals surface area contributed by atoms with Crippen LogP contribution in [0.2, 0.25) is 0 Å². The van der Waals surface area contributed by atoms with Gasteiger partial charge in [0.05, 0.1) is 0 Å². The Kier molecular flexibility index (Phi) is 5.83. The van der Waals surface area contributed by atoms with E-state index in [9.17, 15) is 4.57 Å². The Hall–Kier alpha value is 0.410. The molecule has 0 saturated heterocycles. The van der Waals surface area contributed by atoms with Gasteiger partial charge in [-0.05, 0) is 23.2 Å². The molecule has 0 aliphatic rings. The molecule has 4 heteroatoms. The molecule has 0 saturated carbocycles. The van der Waals surface area contributed by atoms with Gasteiger partial charge in [0.15, 0.2) is 6.16 Å². The van der Waals surface area contributed by atoms with E-state index in [1.807, 2.05) is 0 Å². The Labute approximate surface area is 55.6 Å². The van der Waals surface area contributed by atoms with Gasteiger partial charge in [0, 0.05) is 0 Å². The second-order valence-corrected chi connectivity index (χ2v) is 3.11. The highest BCUT2D eigenvalue weighted by atomic mass is 32.1. The molecule has 0 spiro atoms. The van der Waals surface area contributed by atoms with Gasteiger partial charge in [-0.2, -0.15) is 17.5 Å². The normalized spacial score (nSPS) is 11.5. The zero-order chi connectivity index (χ0) is 6.41. The number of rotatable bonds is 4. The molecule has 1 N–H and O–H groups in total. The maximum Gasteiger partial charge on any atom is 0.505 e. The molecule has 0 bridgehead atoms. The predicted molar refractivity (Wildman–Crippen MR) is 37.8 cm³/mol. The molecule has 0 heterocycles. The fourth-order valence-electron chi connectivity index (χ4n) is 0.359. The molecule has 2 nitrogen and oxygen atoms in total. The Bertz CT molecular complexity index is 76.4. The lowest BCUT2D eigenvalue weighted by Gasteiger charge is -1.82. The van der Waals surface area contributed by atoms with Crippen LogP contribution in [0.1, 0.15) is 12.8 Å². The van der Waals surface area contributed by atoms with E-state index < -0.39 is 8.03 Å². The van der Waals surface area contributed by atoms with E-state index in [0.717, 1.165) is 18.6 Å². The van der Waals surface area contributed by atoms with Gasteiger partial charge in [-0.15, -0.1) is 0 Å². The molecule has 0 aromatic heterocycles. The van der Waals surface area contributed by atoms with Crippen molar-refractivity contribution in [2.24, 2.45) is 0 Å². The molecule has 0 fully saturated rings. The minimum atomic E-state index is -1.90. The number of hydrogen-bond donors (Lipinski definition) is 2. The first-order valence-electron chi connectivity index (χ1n) is 2.52. The summed E-state index contributed by atoms with van der Waals surface area (Å²) in [6, 6.07) is 0. The van der Waals surface area contributed by atoms with Gasteiger partial charge in [0.2, 0.25) is 0 Å². The van der Waals surface area contributed by atoms with E-state index >= 15 is 0 Å². The number of unbranched alkanes of at least 4 members (excludes halogenated alkanes) is 1. The third-order valence-electron chi connectivity index (χ3n) is 0.758. The second-order valence-electron chi connectivity index (χ2n) is 1.51. The molecular weight excluding hydrogens is 143 g/mol. The van der Waals surface area contributed by atoms with Gasteiger partial charge in [0.1, 0.15) is 0 Å². The summed E-state index contributed by atoms with van der Waals surface area (Å²) in [5.41, 5.74) is 0. The average Bonchev–Trinajstić information content (AvgIpc) is 1.66. The molecule has 0 aromatic carbocycles. The highest BCUT2D eigenvalue weighted by Gasteiger charge is 2.06. The maximum atomic E-state index is 10.00. The van der Waals surface area contributed by atoms with Crippen LogP contribution in [0, 0.1) is 0 Å². The molecule has 0 rings (SSSR count). The van der Waals surface area contributed by atoms with Crippen LogP contribution in [0.4, 0.5) is 0 Å². The standard InChI is InChI=1S/C4H9O2PS/c5-7(6)3-1-2-4-8/h1-4H2,(H-,5,6,8)/p+1. The number of thiol groups is 1. The van der Waals surface area contributed by atoms with Crippen LogP contribution in [0.25, 0.3) is 0 Å². The van der Waals surface area contributed by atoms with Crippen molar-refractivity contribution >= 4 is 20.7 Å². The third-order valence-corrected chi connectivity index (χ3v) is 1.77. The van der Waals surface area contributed by atoms with Gasteiger partial charge in [-0.3, -0.25) is 0 Å². The van der Waals surface area contributed by atoms with E-state index in [1.165, 1.54) is 0 Å². The Morgan fingerprint density at radius 3 is 2.50 bits per heavy atom. The van der Waals surface area contributed by atoms with E-state index in [1.54, 1.807) is 0 Å². The summed E-state index contributed by atoms with van der Waals surface area (Å²) in [5.74, 6) is 0.809. The largest absolute Gasteiger partial charge is 0.505 e. The van der Waals surface area contributed by atoms with Crippen LogP contribution in [0.15, 0.2) is 0 Å². The van der Waals surface area contributed by atoms with Crippen LogP contribution in [-0.2, 0) is 4.57 Å². The summed E-state index contributed by atoms with van der Waals surface area (Å²) < 4.78 is 10.00. The zero-order valence-electron chi connectivity index (χ0n) is 4.58. The monoisotopic (exact) mass is 153 g/mol. The van der Waals surface area contributed by atoms with Crippen molar-refractivity contribution in [2.75, 3.05) is 11.9 Å². The summed E-state index contributed by atoms with van der Waals surface area (Å²) in [6.07, 6.45) is 2.18. The van der Waals surface area contributed by atoms with Crippen LogP contribution >= 0.6 is 20.7 Å². The summed E-state index contributed by atoms with van der Waals surface area (Å²) >= 11 is 3.95. The summed E-state index contributed by atoms with van der Waals surface area (Å²) in [4.78, 5) is 8.26. The van der Waals surface area contributed by atoms with Crippen molar-refractivity contribution in [1.29, 1.82) is 0 Å². The SMILES string of the molecule is O=[P+](O)CCCCS. The Balaban J connectivity index is 2.82. The van der Waals surface area contributed by atoms with Gasteiger partial charge < -0.3 is 0 Å². The highest BCUT2D eigenvalue weighted by molar-refractivity contribution is 7.80. The van der Waals surface area contributed by atoms with E-state index in [4.69, 9.17) is 4.89 Å². The van der Waals surface area contributed by atoms with E-state index in [0.29, 0.717) is 6.16 Å². The average molecular weight is 153 g/mol. The van der Waals surface area contributed by atoms with Gasteiger partial charge >= 0.3 is 8.03 Å². The van der Waals surface area contributed by atoms with Crippen molar-refractivity contribution in [3.63, 3.8) is 0 Å². The minimum Gasteiger partial charge on any atom is -0.179 e. The van der Waals surface area contributed by atoms with Crippen LogP contribution in [-0.4, -0.2) is 16.8 Å².